The molecule has 0 bridgehead atoms. The van der Waals surface area contributed by atoms with E-state index in [1.165, 1.54) is 6.08 Å². The van der Waals surface area contributed by atoms with E-state index in [4.69, 9.17) is 10.4 Å². The number of rotatable bonds is 4. The minimum Gasteiger partial charge on any atom is -0.481 e. The van der Waals surface area contributed by atoms with E-state index >= 15 is 0 Å². The van der Waals surface area contributed by atoms with Crippen molar-refractivity contribution in [3.8, 4) is 6.07 Å². The fourth-order valence-corrected chi connectivity index (χ4v) is 2.51. The molecule has 1 saturated heterocycles. The standard InChI is InChI=1S/C16H16N2O3/c17-11-13-4-1-3-12(9-13)6-7-15(19)18-8-2-5-14(18)10-16(20)21/h1,3-4,6-7,9,14H,2,5,8,10H2,(H,20,21)/b7-6+. The van der Waals surface area contributed by atoms with Crippen LogP contribution in [0.1, 0.15) is 30.4 Å². The number of aliphatic carboxylic acids is 1. The first-order valence-electron chi connectivity index (χ1n) is 6.81. The van der Waals surface area contributed by atoms with Crippen LogP contribution in [0.25, 0.3) is 6.08 Å². The Labute approximate surface area is 123 Å². The maximum absolute atomic E-state index is 12.1. The number of carboxylic acid groups (broad SMARTS) is 1. The molecule has 2 rings (SSSR count). The Kier molecular flexibility index (Phi) is 4.72. The molecule has 0 spiro atoms. The zero-order valence-electron chi connectivity index (χ0n) is 11.5. The Hall–Kier alpha value is -2.61. The summed E-state index contributed by atoms with van der Waals surface area (Å²) in [7, 11) is 0. The minimum atomic E-state index is -0.884. The molecule has 1 N–H and O–H groups in total. The predicted molar refractivity (Wildman–Crippen MR) is 77.2 cm³/mol. The third kappa shape index (κ3) is 3.93. The predicted octanol–water partition coefficient (Wildman–Crippen LogP) is 2.04. The Morgan fingerprint density at radius 2 is 2.29 bits per heavy atom. The molecule has 1 fully saturated rings. The van der Waals surface area contributed by atoms with E-state index in [0.29, 0.717) is 12.1 Å². The van der Waals surface area contributed by atoms with Crippen molar-refractivity contribution in [2.45, 2.75) is 25.3 Å². The molecule has 1 aliphatic rings. The number of nitriles is 1. The average Bonchev–Trinajstić information content (AvgIpc) is 2.92. The number of benzene rings is 1. The van der Waals surface area contributed by atoms with Gasteiger partial charge in [-0.15, -0.1) is 0 Å². The van der Waals surface area contributed by atoms with Crippen molar-refractivity contribution >= 4 is 18.0 Å². The molecule has 0 radical (unpaired) electrons. The molecule has 1 aromatic carbocycles. The van der Waals surface area contributed by atoms with Gasteiger partial charge in [0.05, 0.1) is 18.1 Å². The summed E-state index contributed by atoms with van der Waals surface area (Å²) < 4.78 is 0. The van der Waals surface area contributed by atoms with Crippen molar-refractivity contribution in [3.05, 3.63) is 41.5 Å². The Morgan fingerprint density at radius 1 is 1.48 bits per heavy atom. The van der Waals surface area contributed by atoms with Crippen LogP contribution in [0, 0.1) is 11.3 Å². The Balaban J connectivity index is 2.04. The number of carbonyl (C=O) groups excluding carboxylic acids is 1. The van der Waals surface area contributed by atoms with E-state index in [2.05, 4.69) is 0 Å². The zero-order chi connectivity index (χ0) is 15.2. The first-order chi connectivity index (χ1) is 10.1. The second-order valence-corrected chi connectivity index (χ2v) is 5.00. The Morgan fingerprint density at radius 3 is 3.00 bits per heavy atom. The van der Waals surface area contributed by atoms with Crippen LogP contribution in [-0.2, 0) is 9.59 Å². The minimum absolute atomic E-state index is 0.0104. The van der Waals surface area contributed by atoms with Crippen LogP contribution in [0.2, 0.25) is 0 Å². The van der Waals surface area contributed by atoms with E-state index in [-0.39, 0.29) is 18.4 Å². The van der Waals surface area contributed by atoms with E-state index in [9.17, 15) is 9.59 Å². The molecule has 1 aromatic rings. The van der Waals surface area contributed by atoms with Gasteiger partial charge in [-0.25, -0.2) is 0 Å². The van der Waals surface area contributed by atoms with Gasteiger partial charge in [0.1, 0.15) is 0 Å². The van der Waals surface area contributed by atoms with Crippen LogP contribution in [0.4, 0.5) is 0 Å². The first kappa shape index (κ1) is 14.8. The normalized spacial score (nSPS) is 17.9. The van der Waals surface area contributed by atoms with Crippen molar-refractivity contribution in [3.63, 3.8) is 0 Å². The highest BCUT2D eigenvalue weighted by Gasteiger charge is 2.28. The molecule has 1 amide bonds. The van der Waals surface area contributed by atoms with Crippen molar-refractivity contribution in [1.29, 1.82) is 5.26 Å². The summed E-state index contributed by atoms with van der Waals surface area (Å²) >= 11 is 0. The van der Waals surface area contributed by atoms with Gasteiger partial charge in [0.2, 0.25) is 5.91 Å². The molecule has 0 aliphatic carbocycles. The van der Waals surface area contributed by atoms with Gasteiger partial charge in [-0.3, -0.25) is 9.59 Å². The number of carbonyl (C=O) groups is 2. The fraction of sp³-hybridized carbons (Fsp3) is 0.312. The lowest BCUT2D eigenvalue weighted by Gasteiger charge is -2.21. The number of amides is 1. The molecule has 5 heteroatoms. The van der Waals surface area contributed by atoms with Crippen LogP contribution in [0.3, 0.4) is 0 Å². The molecule has 108 valence electrons. The van der Waals surface area contributed by atoms with E-state index in [1.54, 1.807) is 29.2 Å². The summed E-state index contributed by atoms with van der Waals surface area (Å²) in [6, 6.07) is 8.79. The summed E-state index contributed by atoms with van der Waals surface area (Å²) in [5.74, 6) is -1.06. The van der Waals surface area contributed by atoms with Gasteiger partial charge in [0.25, 0.3) is 0 Å². The molecular weight excluding hydrogens is 268 g/mol. The van der Waals surface area contributed by atoms with Crippen molar-refractivity contribution in [1.82, 2.24) is 4.90 Å². The molecule has 0 aromatic heterocycles. The molecule has 5 nitrogen and oxygen atoms in total. The maximum atomic E-state index is 12.1. The van der Waals surface area contributed by atoms with Crippen LogP contribution in [-0.4, -0.2) is 34.5 Å². The molecular formula is C16H16N2O3. The smallest absolute Gasteiger partial charge is 0.305 e. The number of nitrogens with zero attached hydrogens (tertiary/aromatic N) is 2. The number of carboxylic acids is 1. The highest BCUT2D eigenvalue weighted by Crippen LogP contribution is 2.20. The molecule has 0 saturated carbocycles. The van der Waals surface area contributed by atoms with Crippen molar-refractivity contribution in [2.24, 2.45) is 0 Å². The van der Waals surface area contributed by atoms with Crippen LogP contribution in [0.5, 0.6) is 0 Å². The van der Waals surface area contributed by atoms with Crippen LogP contribution < -0.4 is 0 Å². The van der Waals surface area contributed by atoms with Crippen LogP contribution >= 0.6 is 0 Å². The lowest BCUT2D eigenvalue weighted by Crippen LogP contribution is -2.35. The summed E-state index contributed by atoms with van der Waals surface area (Å²) in [6.45, 7) is 0.597. The highest BCUT2D eigenvalue weighted by molar-refractivity contribution is 5.92. The SMILES string of the molecule is N#Cc1cccc(/C=C/C(=O)N2CCCC2CC(=O)O)c1. The van der Waals surface area contributed by atoms with Gasteiger partial charge in [-0.05, 0) is 36.6 Å². The highest BCUT2D eigenvalue weighted by atomic mass is 16.4. The topological polar surface area (TPSA) is 81.4 Å². The summed E-state index contributed by atoms with van der Waals surface area (Å²) in [5.41, 5.74) is 1.31. The number of hydrogen-bond acceptors (Lipinski definition) is 3. The summed E-state index contributed by atoms with van der Waals surface area (Å²) in [6.07, 6.45) is 4.65. The summed E-state index contributed by atoms with van der Waals surface area (Å²) in [5, 5.41) is 17.7. The third-order valence-corrected chi connectivity index (χ3v) is 3.50. The van der Waals surface area contributed by atoms with Crippen LogP contribution in [0.15, 0.2) is 30.3 Å². The zero-order valence-corrected chi connectivity index (χ0v) is 11.5. The van der Waals surface area contributed by atoms with Gasteiger partial charge in [0, 0.05) is 18.7 Å². The van der Waals surface area contributed by atoms with Gasteiger partial charge < -0.3 is 10.0 Å². The molecule has 1 heterocycles. The van der Waals surface area contributed by atoms with E-state index in [1.807, 2.05) is 12.1 Å². The van der Waals surface area contributed by atoms with Crippen molar-refractivity contribution < 1.29 is 14.7 Å². The first-order valence-corrected chi connectivity index (χ1v) is 6.81. The third-order valence-electron chi connectivity index (χ3n) is 3.50. The number of likely N-dealkylation sites (tertiary alicyclic amines) is 1. The lowest BCUT2D eigenvalue weighted by atomic mass is 10.1. The van der Waals surface area contributed by atoms with Gasteiger partial charge in [-0.2, -0.15) is 5.26 Å². The van der Waals surface area contributed by atoms with Gasteiger partial charge in [-0.1, -0.05) is 12.1 Å². The maximum Gasteiger partial charge on any atom is 0.305 e. The molecule has 1 aliphatic heterocycles. The van der Waals surface area contributed by atoms with E-state index < -0.39 is 5.97 Å². The monoisotopic (exact) mass is 284 g/mol. The second-order valence-electron chi connectivity index (χ2n) is 5.00. The fourth-order valence-electron chi connectivity index (χ4n) is 2.51. The largest absolute Gasteiger partial charge is 0.481 e. The second kappa shape index (κ2) is 6.71. The number of hydrogen-bond donors (Lipinski definition) is 1. The Bertz CT molecular complexity index is 616. The lowest BCUT2D eigenvalue weighted by molar-refractivity contribution is -0.139. The van der Waals surface area contributed by atoms with Crippen molar-refractivity contribution in [2.75, 3.05) is 6.54 Å². The molecule has 1 unspecified atom stereocenters. The molecule has 1 atom stereocenters. The van der Waals surface area contributed by atoms with Gasteiger partial charge >= 0.3 is 5.97 Å². The van der Waals surface area contributed by atoms with Gasteiger partial charge in [0.15, 0.2) is 0 Å². The summed E-state index contributed by atoms with van der Waals surface area (Å²) in [4.78, 5) is 24.5. The average molecular weight is 284 g/mol. The quantitative estimate of drug-likeness (QED) is 0.858. The van der Waals surface area contributed by atoms with E-state index in [0.717, 1.165) is 18.4 Å². The molecule has 21 heavy (non-hydrogen) atoms.